The van der Waals surface area contributed by atoms with Crippen LogP contribution in [-0.4, -0.2) is 30.3 Å². The number of nitrogens with one attached hydrogen (secondary N) is 2. The second-order valence-electron chi connectivity index (χ2n) is 7.22. The summed E-state index contributed by atoms with van der Waals surface area (Å²) in [4.78, 5) is 25.0. The third-order valence-corrected chi connectivity index (χ3v) is 5.61. The molecule has 8 heteroatoms. The van der Waals surface area contributed by atoms with Gasteiger partial charge in [0.25, 0.3) is 0 Å². The molecule has 0 fully saturated rings. The van der Waals surface area contributed by atoms with Gasteiger partial charge in [0.05, 0.1) is 12.2 Å². The Morgan fingerprint density at radius 1 is 1.22 bits per heavy atom. The van der Waals surface area contributed by atoms with E-state index in [9.17, 15) is 14.0 Å². The summed E-state index contributed by atoms with van der Waals surface area (Å²) in [7, 11) is 0. The fourth-order valence-electron chi connectivity index (χ4n) is 3.43. The molecule has 3 rings (SSSR count). The monoisotopic (exact) mass is 479 g/mol. The molecule has 0 saturated heterocycles. The van der Waals surface area contributed by atoms with Gasteiger partial charge in [0.15, 0.2) is 0 Å². The molecule has 172 valence electrons. The van der Waals surface area contributed by atoms with E-state index in [1.807, 2.05) is 19.9 Å². The van der Waals surface area contributed by atoms with Crippen molar-refractivity contribution in [3.8, 4) is 0 Å². The molecule has 2 aromatic rings. The Hall–Kier alpha value is -2.57. The Balaban J connectivity index is 0.00000176. The van der Waals surface area contributed by atoms with E-state index in [4.69, 9.17) is 23.2 Å². The maximum atomic E-state index is 14.4. The number of halogens is 3. The van der Waals surface area contributed by atoms with Crippen LogP contribution in [0.15, 0.2) is 30.0 Å². The van der Waals surface area contributed by atoms with Crippen LogP contribution in [0.2, 0.25) is 10.0 Å². The molecule has 0 radical (unpaired) electrons. The van der Waals surface area contributed by atoms with Gasteiger partial charge in [0, 0.05) is 28.8 Å². The van der Waals surface area contributed by atoms with Gasteiger partial charge in [-0.15, -0.1) is 0 Å². The van der Waals surface area contributed by atoms with Gasteiger partial charge in [-0.1, -0.05) is 37.0 Å². The highest BCUT2D eigenvalue weighted by atomic mass is 35.5. The summed E-state index contributed by atoms with van der Waals surface area (Å²) in [6.45, 7) is 8.41. The molecule has 5 nitrogen and oxygen atoms in total. The standard InChI is InChI=1S/C22H22Cl2FN3O2.C2H6/c1-13-5-20(25)21(8-16(13)6-14(2)27-12-29)26-10-22(30)28-4-3-15-7-17(23)9-19(24)18(15)11-28;1-2/h5-9,12,26H,3-4,10-11H2,1-2H3,(H,27,29);1-2H3/b14-6-;. The topological polar surface area (TPSA) is 61.4 Å². The van der Waals surface area contributed by atoms with E-state index in [2.05, 4.69) is 10.6 Å². The normalized spacial score (nSPS) is 13.0. The number of fused-ring (bicyclic) bond motifs is 1. The zero-order valence-electron chi connectivity index (χ0n) is 18.7. The Kier molecular flexibility index (Phi) is 9.54. The average molecular weight is 480 g/mol. The summed E-state index contributed by atoms with van der Waals surface area (Å²) >= 11 is 12.3. The van der Waals surface area contributed by atoms with Crippen molar-refractivity contribution in [3.63, 3.8) is 0 Å². The van der Waals surface area contributed by atoms with Crippen molar-refractivity contribution in [2.75, 3.05) is 18.4 Å². The van der Waals surface area contributed by atoms with Crippen LogP contribution in [-0.2, 0) is 22.6 Å². The zero-order chi connectivity index (χ0) is 23.8. The van der Waals surface area contributed by atoms with Gasteiger partial charge in [-0.2, -0.15) is 0 Å². The maximum Gasteiger partial charge on any atom is 0.242 e. The third kappa shape index (κ3) is 6.47. The summed E-state index contributed by atoms with van der Waals surface area (Å²) in [5, 5.41) is 6.57. The number of aryl methyl sites for hydroxylation is 1. The highest BCUT2D eigenvalue weighted by Crippen LogP contribution is 2.30. The van der Waals surface area contributed by atoms with Crippen molar-refractivity contribution in [2.24, 2.45) is 0 Å². The molecule has 2 aromatic carbocycles. The first-order chi connectivity index (χ1) is 15.3. The van der Waals surface area contributed by atoms with Crippen molar-refractivity contribution >= 4 is 47.3 Å². The number of hydrogen-bond acceptors (Lipinski definition) is 3. The molecule has 0 aromatic heterocycles. The van der Waals surface area contributed by atoms with E-state index in [1.54, 1.807) is 37.0 Å². The number of rotatable bonds is 6. The average Bonchev–Trinajstić information content (AvgIpc) is 2.76. The van der Waals surface area contributed by atoms with Gasteiger partial charge in [-0.3, -0.25) is 9.59 Å². The summed E-state index contributed by atoms with van der Waals surface area (Å²) in [5.74, 6) is -0.595. The predicted octanol–water partition coefficient (Wildman–Crippen LogP) is 5.57. The maximum absolute atomic E-state index is 14.4. The number of anilines is 1. The Morgan fingerprint density at radius 3 is 2.62 bits per heavy atom. The number of hydrogen-bond donors (Lipinski definition) is 2. The lowest BCUT2D eigenvalue weighted by atomic mass is 9.99. The lowest BCUT2D eigenvalue weighted by Gasteiger charge is -2.30. The second-order valence-corrected chi connectivity index (χ2v) is 8.07. The van der Waals surface area contributed by atoms with E-state index in [1.165, 1.54) is 6.07 Å². The minimum atomic E-state index is -0.444. The van der Waals surface area contributed by atoms with Gasteiger partial charge in [0.1, 0.15) is 5.82 Å². The molecule has 0 bridgehead atoms. The molecular formula is C24H28Cl2FN3O2. The minimum absolute atomic E-state index is 0.0464. The van der Waals surface area contributed by atoms with E-state index in [0.29, 0.717) is 41.7 Å². The lowest BCUT2D eigenvalue weighted by molar-refractivity contribution is -0.130. The molecule has 1 aliphatic heterocycles. The van der Waals surface area contributed by atoms with Crippen molar-refractivity contribution in [1.82, 2.24) is 10.2 Å². The highest BCUT2D eigenvalue weighted by molar-refractivity contribution is 6.35. The van der Waals surface area contributed by atoms with E-state index in [0.717, 1.165) is 22.3 Å². The summed E-state index contributed by atoms with van der Waals surface area (Å²) in [6, 6.07) is 6.57. The highest BCUT2D eigenvalue weighted by Gasteiger charge is 2.23. The fourth-order valence-corrected chi connectivity index (χ4v) is 4.02. The number of allylic oxidation sites excluding steroid dienone is 1. The van der Waals surface area contributed by atoms with E-state index in [-0.39, 0.29) is 18.1 Å². The largest absolute Gasteiger partial charge is 0.374 e. The predicted molar refractivity (Wildman–Crippen MR) is 129 cm³/mol. The number of nitrogens with zero attached hydrogens (tertiary/aromatic N) is 1. The molecular weight excluding hydrogens is 452 g/mol. The molecule has 0 spiro atoms. The van der Waals surface area contributed by atoms with Gasteiger partial charge in [-0.05, 0) is 72.9 Å². The van der Waals surface area contributed by atoms with Crippen molar-refractivity contribution in [1.29, 1.82) is 0 Å². The van der Waals surface area contributed by atoms with E-state index >= 15 is 0 Å². The number of benzene rings is 2. The quantitative estimate of drug-likeness (QED) is 0.532. The van der Waals surface area contributed by atoms with Crippen molar-refractivity contribution < 1.29 is 14.0 Å². The Morgan fingerprint density at radius 2 is 1.94 bits per heavy atom. The molecule has 2 amide bonds. The first kappa shape index (κ1) is 25.7. The smallest absolute Gasteiger partial charge is 0.242 e. The van der Waals surface area contributed by atoms with Crippen LogP contribution in [0.1, 0.15) is 43.0 Å². The van der Waals surface area contributed by atoms with Gasteiger partial charge in [-0.25, -0.2) is 4.39 Å². The molecule has 0 aliphatic carbocycles. The molecule has 32 heavy (non-hydrogen) atoms. The first-order valence-corrected chi connectivity index (χ1v) is 11.2. The molecule has 1 heterocycles. The SMILES string of the molecule is C/C(=C/c1cc(NCC(=O)N2CCc3cc(Cl)cc(Cl)c3C2)c(F)cc1C)NC=O.CC. The Bertz CT molecular complexity index is 1020. The second kappa shape index (κ2) is 11.9. The third-order valence-electron chi connectivity index (χ3n) is 5.05. The van der Waals surface area contributed by atoms with Crippen LogP contribution >= 0.6 is 23.2 Å². The molecule has 0 saturated carbocycles. The van der Waals surface area contributed by atoms with Crippen LogP contribution in [0.5, 0.6) is 0 Å². The zero-order valence-corrected chi connectivity index (χ0v) is 20.2. The van der Waals surface area contributed by atoms with Gasteiger partial charge < -0.3 is 15.5 Å². The number of amides is 2. The van der Waals surface area contributed by atoms with Crippen molar-refractivity contribution in [2.45, 2.75) is 40.7 Å². The van der Waals surface area contributed by atoms with Crippen LogP contribution in [0.3, 0.4) is 0 Å². The summed E-state index contributed by atoms with van der Waals surface area (Å²) in [5.41, 5.74) is 4.26. The van der Waals surface area contributed by atoms with Crippen LogP contribution in [0.25, 0.3) is 6.08 Å². The number of carbonyl (C=O) groups excluding carboxylic acids is 2. The molecule has 0 atom stereocenters. The molecule has 0 unspecified atom stereocenters. The lowest BCUT2D eigenvalue weighted by Crippen LogP contribution is -2.39. The first-order valence-electron chi connectivity index (χ1n) is 10.5. The van der Waals surface area contributed by atoms with Crippen LogP contribution < -0.4 is 10.6 Å². The van der Waals surface area contributed by atoms with E-state index < -0.39 is 5.82 Å². The van der Waals surface area contributed by atoms with Crippen molar-refractivity contribution in [3.05, 3.63) is 68.1 Å². The Labute approximate surface area is 198 Å². The van der Waals surface area contributed by atoms with Crippen LogP contribution in [0.4, 0.5) is 10.1 Å². The van der Waals surface area contributed by atoms with Gasteiger partial charge in [0.2, 0.25) is 12.3 Å². The van der Waals surface area contributed by atoms with Crippen LogP contribution in [0, 0.1) is 12.7 Å². The molecule has 2 N–H and O–H groups in total. The summed E-state index contributed by atoms with van der Waals surface area (Å²) in [6.07, 6.45) is 2.99. The summed E-state index contributed by atoms with van der Waals surface area (Å²) < 4.78 is 14.4. The number of carbonyl (C=O) groups is 2. The van der Waals surface area contributed by atoms with Gasteiger partial charge >= 0.3 is 0 Å². The minimum Gasteiger partial charge on any atom is -0.374 e. The molecule has 1 aliphatic rings. The fraction of sp³-hybridized carbons (Fsp3) is 0.333.